The molecule has 0 bridgehead atoms. The molecular weight excluding hydrogens is 180 g/mol. The van der Waals surface area contributed by atoms with Crippen molar-refractivity contribution in [3.05, 3.63) is 0 Å². The molecule has 14 heavy (non-hydrogen) atoms. The van der Waals surface area contributed by atoms with Crippen molar-refractivity contribution in [3.63, 3.8) is 0 Å². The van der Waals surface area contributed by atoms with Gasteiger partial charge in [-0.15, -0.1) is 0 Å². The van der Waals surface area contributed by atoms with Gasteiger partial charge in [-0.05, 0) is 25.8 Å². The fourth-order valence-electron chi connectivity index (χ4n) is 1.75. The Kier molecular flexibility index (Phi) is 3.21. The molecule has 0 aromatic rings. The lowest BCUT2D eigenvalue weighted by Crippen LogP contribution is -2.61. The van der Waals surface area contributed by atoms with Crippen molar-refractivity contribution < 1.29 is 4.79 Å². The van der Waals surface area contributed by atoms with Crippen LogP contribution in [-0.2, 0) is 0 Å². The van der Waals surface area contributed by atoms with Gasteiger partial charge < -0.3 is 16.0 Å². The Balaban J connectivity index is 1.64. The lowest BCUT2D eigenvalue weighted by Gasteiger charge is -2.30. The van der Waals surface area contributed by atoms with Crippen molar-refractivity contribution in [1.29, 1.82) is 0 Å². The average Bonchev–Trinajstić information content (AvgIpc) is 2.13. The second-order valence-corrected chi connectivity index (χ2v) is 3.98. The highest BCUT2D eigenvalue weighted by Crippen LogP contribution is 2.04. The molecule has 2 heterocycles. The van der Waals surface area contributed by atoms with Crippen LogP contribution in [-0.4, -0.2) is 37.9 Å². The zero-order valence-electron chi connectivity index (χ0n) is 8.31. The van der Waals surface area contributed by atoms with Gasteiger partial charge in [0.1, 0.15) is 0 Å². The van der Waals surface area contributed by atoms with E-state index in [1.165, 1.54) is 12.8 Å². The van der Waals surface area contributed by atoms with Crippen LogP contribution in [0.1, 0.15) is 19.3 Å². The number of carbonyl (C=O) groups excluding carboxylic acids is 1. The fraction of sp³-hybridized carbons (Fsp3) is 0.889. The lowest BCUT2D eigenvalue weighted by molar-refractivity contribution is 0.221. The number of urea groups is 1. The third kappa shape index (κ3) is 2.59. The first kappa shape index (κ1) is 9.73. The number of rotatable bonds is 2. The molecule has 80 valence electrons. The second-order valence-electron chi connectivity index (χ2n) is 3.98. The van der Waals surface area contributed by atoms with E-state index in [0.29, 0.717) is 6.04 Å². The summed E-state index contributed by atoms with van der Waals surface area (Å²) in [7, 11) is 0. The topological polar surface area (TPSA) is 65.2 Å². The molecule has 2 aliphatic rings. The minimum Gasteiger partial charge on any atom is -0.333 e. The molecule has 1 unspecified atom stereocenters. The Morgan fingerprint density at radius 1 is 1.21 bits per heavy atom. The number of nitrogens with one attached hydrogen (secondary N) is 4. The zero-order chi connectivity index (χ0) is 9.80. The van der Waals surface area contributed by atoms with Gasteiger partial charge in [0.25, 0.3) is 0 Å². The Hall–Kier alpha value is -0.810. The van der Waals surface area contributed by atoms with Crippen molar-refractivity contribution >= 4 is 6.03 Å². The first-order chi connectivity index (χ1) is 6.84. The molecule has 5 nitrogen and oxygen atoms in total. The standard InChI is InChI=1S/C9H18N4O/c14-9(12-7-5-10-6-7)13-8-3-1-2-4-11-8/h7-8,10-11H,1-6H2,(H2,12,13,14). The van der Waals surface area contributed by atoms with E-state index >= 15 is 0 Å². The largest absolute Gasteiger partial charge is 0.333 e. The van der Waals surface area contributed by atoms with E-state index in [9.17, 15) is 4.79 Å². The van der Waals surface area contributed by atoms with E-state index in [1.54, 1.807) is 0 Å². The summed E-state index contributed by atoms with van der Waals surface area (Å²) < 4.78 is 0. The molecule has 2 saturated heterocycles. The van der Waals surface area contributed by atoms with E-state index in [-0.39, 0.29) is 12.2 Å². The lowest BCUT2D eigenvalue weighted by atomic mass is 10.1. The third-order valence-corrected chi connectivity index (χ3v) is 2.73. The Morgan fingerprint density at radius 3 is 2.64 bits per heavy atom. The van der Waals surface area contributed by atoms with Crippen molar-refractivity contribution in [2.75, 3.05) is 19.6 Å². The average molecular weight is 198 g/mol. The summed E-state index contributed by atoms with van der Waals surface area (Å²) in [6.07, 6.45) is 3.61. The van der Waals surface area contributed by atoms with E-state index in [1.807, 2.05) is 0 Å². The maximum Gasteiger partial charge on any atom is 0.316 e. The number of piperidine rings is 1. The molecule has 5 heteroatoms. The monoisotopic (exact) mass is 198 g/mol. The van der Waals surface area contributed by atoms with Crippen LogP contribution in [0.25, 0.3) is 0 Å². The van der Waals surface area contributed by atoms with Gasteiger partial charge in [0.2, 0.25) is 0 Å². The maximum atomic E-state index is 11.4. The highest BCUT2D eigenvalue weighted by Gasteiger charge is 2.20. The van der Waals surface area contributed by atoms with Gasteiger partial charge in [0.05, 0.1) is 12.2 Å². The molecule has 4 N–H and O–H groups in total. The Labute approximate surface area is 84.0 Å². The predicted molar refractivity (Wildman–Crippen MR) is 54.0 cm³/mol. The van der Waals surface area contributed by atoms with E-state index < -0.39 is 0 Å². The minimum absolute atomic E-state index is 0.0455. The maximum absolute atomic E-state index is 11.4. The van der Waals surface area contributed by atoms with E-state index in [2.05, 4.69) is 21.3 Å². The molecule has 0 aromatic heterocycles. The highest BCUT2D eigenvalue weighted by atomic mass is 16.2. The van der Waals surface area contributed by atoms with Gasteiger partial charge in [-0.2, -0.15) is 0 Å². The third-order valence-electron chi connectivity index (χ3n) is 2.73. The summed E-state index contributed by atoms with van der Waals surface area (Å²) in [5, 5.41) is 12.2. The van der Waals surface area contributed by atoms with Crippen molar-refractivity contribution in [3.8, 4) is 0 Å². The molecule has 0 aromatic carbocycles. The Bertz CT molecular complexity index is 199. The van der Waals surface area contributed by atoms with Gasteiger partial charge in [-0.3, -0.25) is 5.32 Å². The Morgan fingerprint density at radius 2 is 2.07 bits per heavy atom. The van der Waals surface area contributed by atoms with E-state index in [0.717, 1.165) is 26.1 Å². The first-order valence-corrected chi connectivity index (χ1v) is 5.36. The van der Waals surface area contributed by atoms with Gasteiger partial charge in [0.15, 0.2) is 0 Å². The highest BCUT2D eigenvalue weighted by molar-refractivity contribution is 5.74. The second kappa shape index (κ2) is 4.61. The molecular formula is C9H18N4O. The van der Waals surface area contributed by atoms with Crippen LogP contribution in [0.5, 0.6) is 0 Å². The SMILES string of the molecule is O=C(NC1CNC1)NC1CCCCN1. The van der Waals surface area contributed by atoms with Crippen molar-refractivity contribution in [1.82, 2.24) is 21.3 Å². The number of amides is 2. The molecule has 2 amide bonds. The molecule has 0 radical (unpaired) electrons. The minimum atomic E-state index is -0.0455. The first-order valence-electron chi connectivity index (χ1n) is 5.36. The van der Waals surface area contributed by atoms with Crippen LogP contribution < -0.4 is 21.3 Å². The summed E-state index contributed by atoms with van der Waals surface area (Å²) in [6.45, 7) is 2.80. The summed E-state index contributed by atoms with van der Waals surface area (Å²) in [5.41, 5.74) is 0. The zero-order valence-corrected chi connectivity index (χ0v) is 8.31. The summed E-state index contributed by atoms with van der Waals surface area (Å²) in [4.78, 5) is 11.4. The van der Waals surface area contributed by atoms with Crippen LogP contribution >= 0.6 is 0 Å². The molecule has 0 aliphatic carbocycles. The predicted octanol–water partition coefficient (Wildman–Crippen LogP) is -0.643. The molecule has 1 atom stereocenters. The molecule has 2 fully saturated rings. The molecule has 0 saturated carbocycles. The van der Waals surface area contributed by atoms with E-state index in [4.69, 9.17) is 0 Å². The number of hydrogen-bond acceptors (Lipinski definition) is 3. The van der Waals surface area contributed by atoms with Crippen LogP contribution in [0.15, 0.2) is 0 Å². The molecule has 2 aliphatic heterocycles. The van der Waals surface area contributed by atoms with Crippen molar-refractivity contribution in [2.24, 2.45) is 0 Å². The van der Waals surface area contributed by atoms with Crippen LogP contribution in [0.2, 0.25) is 0 Å². The van der Waals surface area contributed by atoms with Gasteiger partial charge in [0, 0.05) is 13.1 Å². The fourth-order valence-corrected chi connectivity index (χ4v) is 1.75. The normalized spacial score (nSPS) is 27.9. The molecule has 0 spiro atoms. The number of carbonyl (C=O) groups is 1. The summed E-state index contributed by atoms with van der Waals surface area (Å²) in [6, 6.07) is 0.273. The van der Waals surface area contributed by atoms with Crippen molar-refractivity contribution in [2.45, 2.75) is 31.5 Å². The molecule has 2 rings (SSSR count). The van der Waals surface area contributed by atoms with Gasteiger partial charge in [-0.25, -0.2) is 4.79 Å². The smallest absolute Gasteiger partial charge is 0.316 e. The summed E-state index contributed by atoms with van der Waals surface area (Å²) in [5.74, 6) is 0. The quantitative estimate of drug-likeness (QED) is 0.477. The van der Waals surface area contributed by atoms with Gasteiger partial charge in [-0.1, -0.05) is 0 Å². The number of hydrogen-bond donors (Lipinski definition) is 4. The van der Waals surface area contributed by atoms with Crippen LogP contribution in [0.3, 0.4) is 0 Å². The van der Waals surface area contributed by atoms with Crippen LogP contribution in [0, 0.1) is 0 Å². The van der Waals surface area contributed by atoms with Crippen LogP contribution in [0.4, 0.5) is 4.79 Å². The summed E-state index contributed by atoms with van der Waals surface area (Å²) >= 11 is 0. The van der Waals surface area contributed by atoms with Gasteiger partial charge >= 0.3 is 6.03 Å².